The molecule has 1 fully saturated rings. The van der Waals surface area contributed by atoms with E-state index in [0.717, 1.165) is 12.8 Å². The molecule has 1 saturated carbocycles. The lowest BCUT2D eigenvalue weighted by atomic mass is 9.94. The SMILES string of the molecule is O=C(OS)C1CC2C=CC1C2. The summed E-state index contributed by atoms with van der Waals surface area (Å²) in [6.07, 6.45) is 6.42. The fraction of sp³-hybridized carbons (Fsp3) is 0.625. The fourth-order valence-corrected chi connectivity index (χ4v) is 2.25. The molecule has 60 valence electrons. The van der Waals surface area contributed by atoms with Crippen LogP contribution in [0.5, 0.6) is 0 Å². The van der Waals surface area contributed by atoms with E-state index in [4.69, 9.17) is 0 Å². The Morgan fingerprint density at radius 3 is 2.73 bits per heavy atom. The van der Waals surface area contributed by atoms with Crippen LogP contribution in [0.4, 0.5) is 0 Å². The van der Waals surface area contributed by atoms with Crippen molar-refractivity contribution in [2.75, 3.05) is 0 Å². The van der Waals surface area contributed by atoms with E-state index in [9.17, 15) is 4.79 Å². The second-order valence-corrected chi connectivity index (χ2v) is 3.48. The van der Waals surface area contributed by atoms with E-state index in [0.29, 0.717) is 11.8 Å². The van der Waals surface area contributed by atoms with Gasteiger partial charge in [-0.25, -0.2) is 0 Å². The maximum absolute atomic E-state index is 11.1. The van der Waals surface area contributed by atoms with Crippen molar-refractivity contribution in [2.24, 2.45) is 17.8 Å². The summed E-state index contributed by atoms with van der Waals surface area (Å²) in [5.41, 5.74) is 0. The first-order valence-corrected chi connectivity index (χ1v) is 4.21. The van der Waals surface area contributed by atoms with E-state index >= 15 is 0 Å². The average Bonchev–Trinajstić information content (AvgIpc) is 2.62. The summed E-state index contributed by atoms with van der Waals surface area (Å²) in [5, 5.41) is 0. The third-order valence-electron chi connectivity index (χ3n) is 2.67. The zero-order chi connectivity index (χ0) is 7.84. The summed E-state index contributed by atoms with van der Waals surface area (Å²) in [6.45, 7) is 0. The first-order chi connectivity index (χ1) is 5.31. The van der Waals surface area contributed by atoms with Crippen LogP contribution in [0.25, 0.3) is 0 Å². The Hall–Kier alpha value is -0.440. The molecule has 0 saturated heterocycles. The van der Waals surface area contributed by atoms with E-state index in [1.807, 2.05) is 0 Å². The Balaban J connectivity index is 2.08. The zero-order valence-electron chi connectivity index (χ0n) is 6.06. The lowest BCUT2D eigenvalue weighted by Crippen LogP contribution is -2.18. The molecule has 0 aromatic carbocycles. The van der Waals surface area contributed by atoms with Gasteiger partial charge in [-0.15, -0.1) is 0 Å². The Labute approximate surface area is 71.2 Å². The van der Waals surface area contributed by atoms with Crippen molar-refractivity contribution in [1.29, 1.82) is 0 Å². The van der Waals surface area contributed by atoms with Crippen molar-refractivity contribution >= 4 is 18.9 Å². The summed E-state index contributed by atoms with van der Waals surface area (Å²) in [7, 11) is 0. The second-order valence-electron chi connectivity index (χ2n) is 3.30. The number of hydrogen-bond donors (Lipinski definition) is 1. The molecule has 0 aromatic rings. The molecule has 0 radical (unpaired) electrons. The number of fused-ring (bicyclic) bond motifs is 2. The van der Waals surface area contributed by atoms with Gasteiger partial charge in [0.05, 0.1) is 5.92 Å². The Morgan fingerprint density at radius 1 is 1.45 bits per heavy atom. The third kappa shape index (κ3) is 1.07. The molecule has 0 aliphatic heterocycles. The molecule has 2 rings (SSSR count). The summed E-state index contributed by atoms with van der Waals surface area (Å²) in [6, 6.07) is 0. The topological polar surface area (TPSA) is 26.3 Å². The summed E-state index contributed by atoms with van der Waals surface area (Å²) < 4.78 is 4.41. The first kappa shape index (κ1) is 7.22. The van der Waals surface area contributed by atoms with E-state index in [1.165, 1.54) is 0 Å². The fourth-order valence-electron chi connectivity index (χ4n) is 2.12. The zero-order valence-corrected chi connectivity index (χ0v) is 6.96. The van der Waals surface area contributed by atoms with Gasteiger partial charge >= 0.3 is 5.97 Å². The van der Waals surface area contributed by atoms with Gasteiger partial charge in [0.15, 0.2) is 0 Å². The number of rotatable bonds is 1. The van der Waals surface area contributed by atoms with Gasteiger partial charge in [-0.1, -0.05) is 12.2 Å². The van der Waals surface area contributed by atoms with Crippen molar-refractivity contribution in [3.63, 3.8) is 0 Å². The molecule has 0 aromatic heterocycles. The van der Waals surface area contributed by atoms with Crippen LogP contribution in [0.3, 0.4) is 0 Å². The number of carbonyl (C=O) groups excluding carboxylic acids is 1. The standard InChI is InChI=1S/C8H10O2S/c9-8(10-11)7-4-5-1-2-6(7)3-5/h1-2,5-7,11H,3-4H2. The monoisotopic (exact) mass is 170 g/mol. The molecule has 11 heavy (non-hydrogen) atoms. The molecule has 0 spiro atoms. The normalized spacial score (nSPS) is 39.5. The lowest BCUT2D eigenvalue weighted by molar-refractivity contribution is -0.138. The molecule has 3 unspecified atom stereocenters. The summed E-state index contributed by atoms with van der Waals surface area (Å²) in [5.74, 6) is 0.977. The van der Waals surface area contributed by atoms with Crippen LogP contribution < -0.4 is 0 Å². The maximum atomic E-state index is 11.1. The van der Waals surface area contributed by atoms with Crippen LogP contribution in [0.2, 0.25) is 0 Å². The highest BCUT2D eigenvalue weighted by atomic mass is 32.1. The van der Waals surface area contributed by atoms with Crippen LogP contribution in [0.15, 0.2) is 12.2 Å². The largest absolute Gasteiger partial charge is 0.394 e. The quantitative estimate of drug-likeness (QED) is 0.367. The summed E-state index contributed by atoms with van der Waals surface area (Å²) in [4.78, 5) is 11.1. The molecule has 0 amide bonds. The minimum absolute atomic E-state index is 0.0856. The van der Waals surface area contributed by atoms with Gasteiger partial charge in [0, 0.05) is 12.9 Å². The van der Waals surface area contributed by atoms with Crippen molar-refractivity contribution < 1.29 is 8.98 Å². The van der Waals surface area contributed by atoms with Crippen LogP contribution in [-0.4, -0.2) is 5.97 Å². The van der Waals surface area contributed by atoms with Gasteiger partial charge in [0.1, 0.15) is 0 Å². The highest BCUT2D eigenvalue weighted by molar-refractivity contribution is 7.75. The van der Waals surface area contributed by atoms with Crippen LogP contribution in [0, 0.1) is 17.8 Å². The van der Waals surface area contributed by atoms with Crippen molar-refractivity contribution in [3.8, 4) is 0 Å². The van der Waals surface area contributed by atoms with Gasteiger partial charge in [-0.3, -0.25) is 4.79 Å². The number of thiol groups is 1. The predicted octanol–water partition coefficient (Wildman–Crippen LogP) is 1.59. The van der Waals surface area contributed by atoms with Gasteiger partial charge in [-0.2, -0.15) is 0 Å². The van der Waals surface area contributed by atoms with E-state index in [1.54, 1.807) is 0 Å². The highest BCUT2D eigenvalue weighted by Crippen LogP contribution is 2.43. The molecule has 3 heteroatoms. The van der Waals surface area contributed by atoms with E-state index < -0.39 is 0 Å². The minimum Gasteiger partial charge on any atom is -0.394 e. The molecule has 2 aliphatic carbocycles. The molecular formula is C8H10O2S. The van der Waals surface area contributed by atoms with Gasteiger partial charge in [0.2, 0.25) is 0 Å². The molecule has 2 nitrogen and oxygen atoms in total. The number of allylic oxidation sites excluding steroid dienone is 2. The molecule has 0 N–H and O–H groups in total. The predicted molar refractivity (Wildman–Crippen MR) is 43.9 cm³/mol. The smallest absolute Gasteiger partial charge is 0.321 e. The van der Waals surface area contributed by atoms with Gasteiger partial charge in [0.25, 0.3) is 0 Å². The number of carbonyl (C=O) groups is 1. The Kier molecular flexibility index (Phi) is 1.68. The molecule has 2 aliphatic rings. The minimum atomic E-state index is -0.162. The van der Waals surface area contributed by atoms with Crippen molar-refractivity contribution in [1.82, 2.24) is 0 Å². The van der Waals surface area contributed by atoms with Gasteiger partial charge in [-0.05, 0) is 24.7 Å². The Morgan fingerprint density at radius 2 is 2.27 bits per heavy atom. The molecular weight excluding hydrogens is 160 g/mol. The highest BCUT2D eigenvalue weighted by Gasteiger charge is 2.40. The van der Waals surface area contributed by atoms with Crippen LogP contribution in [0.1, 0.15) is 12.8 Å². The van der Waals surface area contributed by atoms with E-state index in [-0.39, 0.29) is 11.9 Å². The van der Waals surface area contributed by atoms with Crippen molar-refractivity contribution in [2.45, 2.75) is 12.8 Å². The van der Waals surface area contributed by atoms with Crippen LogP contribution in [-0.2, 0) is 8.98 Å². The molecule has 3 atom stereocenters. The van der Waals surface area contributed by atoms with Crippen LogP contribution >= 0.6 is 12.9 Å². The van der Waals surface area contributed by atoms with Crippen molar-refractivity contribution in [3.05, 3.63) is 12.2 Å². The molecule has 0 heterocycles. The number of hydrogen-bond acceptors (Lipinski definition) is 3. The lowest BCUT2D eigenvalue weighted by Gasteiger charge is -2.13. The molecule has 2 bridgehead atoms. The second kappa shape index (κ2) is 2.55. The first-order valence-electron chi connectivity index (χ1n) is 3.85. The van der Waals surface area contributed by atoms with E-state index in [2.05, 4.69) is 29.2 Å². The average molecular weight is 170 g/mol. The third-order valence-corrected chi connectivity index (χ3v) is 2.85. The Bertz CT molecular complexity index is 212. The summed E-state index contributed by atoms with van der Waals surface area (Å²) >= 11 is 3.51. The van der Waals surface area contributed by atoms with Gasteiger partial charge < -0.3 is 4.18 Å². The maximum Gasteiger partial charge on any atom is 0.321 e.